The van der Waals surface area contributed by atoms with E-state index >= 15 is 0 Å². The summed E-state index contributed by atoms with van der Waals surface area (Å²) in [5.41, 5.74) is 1.20. The number of phenolic OH excluding ortho intramolecular Hbond substituents is 1. The predicted octanol–water partition coefficient (Wildman–Crippen LogP) is 4.40. The van der Waals surface area contributed by atoms with E-state index in [4.69, 9.17) is 0 Å². The Kier molecular flexibility index (Phi) is 5.56. The second-order valence-electron chi connectivity index (χ2n) is 5.42. The van der Waals surface area contributed by atoms with Gasteiger partial charge in [-0.2, -0.15) is 0 Å². The zero-order valence-electron chi connectivity index (χ0n) is 13.2. The largest absolute Gasteiger partial charge is 0.871 e. The van der Waals surface area contributed by atoms with Crippen LogP contribution in [-0.4, -0.2) is 16.2 Å². The standard InChI is InChI=1S/C17H17BrN2O4/c1-3-10(2)11-4-5-16(21)15(7-11)19-9-12-6-13(20(23)24)8-14(18)17(12)22/h4-10,21-22H,3H2,1-2H3/p-1/t10-/m0/s1. The number of hydrogen-bond donors (Lipinski definition) is 1. The van der Waals surface area contributed by atoms with E-state index < -0.39 is 10.7 Å². The van der Waals surface area contributed by atoms with Gasteiger partial charge in [-0.1, -0.05) is 41.6 Å². The summed E-state index contributed by atoms with van der Waals surface area (Å²) in [7, 11) is 0. The number of nitro groups is 1. The van der Waals surface area contributed by atoms with Gasteiger partial charge in [-0.05, 0) is 35.6 Å². The third kappa shape index (κ3) is 3.91. The summed E-state index contributed by atoms with van der Waals surface area (Å²) < 4.78 is 0.0933. The van der Waals surface area contributed by atoms with E-state index in [0.29, 0.717) is 11.6 Å². The van der Waals surface area contributed by atoms with E-state index in [2.05, 4.69) is 34.8 Å². The van der Waals surface area contributed by atoms with E-state index in [0.717, 1.165) is 24.1 Å². The molecule has 0 spiro atoms. The highest BCUT2D eigenvalue weighted by Gasteiger charge is 2.10. The van der Waals surface area contributed by atoms with Crippen molar-refractivity contribution >= 4 is 33.5 Å². The molecule has 1 atom stereocenters. The minimum absolute atomic E-state index is 0.0183. The Morgan fingerprint density at radius 1 is 1.38 bits per heavy atom. The van der Waals surface area contributed by atoms with Crippen LogP contribution >= 0.6 is 15.9 Å². The summed E-state index contributed by atoms with van der Waals surface area (Å²) >= 11 is 3.02. The smallest absolute Gasteiger partial charge is 0.271 e. The maximum absolute atomic E-state index is 12.0. The van der Waals surface area contributed by atoms with Crippen molar-refractivity contribution in [1.29, 1.82) is 0 Å². The Morgan fingerprint density at radius 2 is 2.08 bits per heavy atom. The molecule has 0 aliphatic carbocycles. The summed E-state index contributed by atoms with van der Waals surface area (Å²) in [6.45, 7) is 4.12. The number of nitro benzene ring substituents is 1. The molecule has 0 saturated carbocycles. The van der Waals surface area contributed by atoms with Gasteiger partial charge in [-0.3, -0.25) is 15.1 Å². The number of rotatable bonds is 5. The summed E-state index contributed by atoms with van der Waals surface area (Å²) in [5.74, 6) is -0.112. The van der Waals surface area contributed by atoms with E-state index in [9.17, 15) is 20.3 Å². The summed E-state index contributed by atoms with van der Waals surface area (Å²) in [6, 6.07) is 7.44. The lowest BCUT2D eigenvalue weighted by Crippen LogP contribution is -2.00. The summed E-state index contributed by atoms with van der Waals surface area (Å²) in [6.07, 6.45) is 2.17. The predicted molar refractivity (Wildman–Crippen MR) is 94.3 cm³/mol. The number of benzene rings is 2. The molecule has 2 rings (SSSR count). The highest BCUT2D eigenvalue weighted by Crippen LogP contribution is 2.33. The van der Waals surface area contributed by atoms with Gasteiger partial charge in [-0.15, -0.1) is 0 Å². The van der Waals surface area contributed by atoms with Crippen LogP contribution in [0.1, 0.15) is 37.3 Å². The van der Waals surface area contributed by atoms with Gasteiger partial charge in [0.15, 0.2) is 0 Å². The molecule has 0 amide bonds. The lowest BCUT2D eigenvalue weighted by Gasteiger charge is -2.13. The van der Waals surface area contributed by atoms with Crippen LogP contribution in [-0.2, 0) is 0 Å². The third-order valence-electron chi connectivity index (χ3n) is 3.79. The molecule has 0 saturated heterocycles. The molecule has 7 heteroatoms. The fourth-order valence-electron chi connectivity index (χ4n) is 2.13. The maximum atomic E-state index is 12.0. The molecule has 0 aromatic heterocycles. The monoisotopic (exact) mass is 391 g/mol. The average molecular weight is 392 g/mol. The minimum atomic E-state index is -0.581. The van der Waals surface area contributed by atoms with E-state index in [1.807, 2.05) is 6.07 Å². The Morgan fingerprint density at radius 3 is 2.71 bits per heavy atom. The average Bonchev–Trinajstić information content (AvgIpc) is 2.56. The van der Waals surface area contributed by atoms with Gasteiger partial charge in [0.25, 0.3) is 5.69 Å². The molecule has 24 heavy (non-hydrogen) atoms. The second-order valence-corrected chi connectivity index (χ2v) is 6.27. The highest BCUT2D eigenvalue weighted by molar-refractivity contribution is 9.10. The number of aromatic hydroxyl groups is 1. The maximum Gasteiger partial charge on any atom is 0.271 e. The van der Waals surface area contributed by atoms with Gasteiger partial charge in [0.05, 0.1) is 4.92 Å². The second kappa shape index (κ2) is 7.44. The summed E-state index contributed by atoms with van der Waals surface area (Å²) in [4.78, 5) is 14.5. The fourth-order valence-corrected chi connectivity index (χ4v) is 2.59. The van der Waals surface area contributed by atoms with Crippen LogP contribution in [0.2, 0.25) is 0 Å². The summed E-state index contributed by atoms with van der Waals surface area (Å²) in [5, 5.41) is 32.9. The van der Waals surface area contributed by atoms with Crippen LogP contribution in [0.25, 0.3) is 0 Å². The van der Waals surface area contributed by atoms with Crippen molar-refractivity contribution in [2.45, 2.75) is 26.2 Å². The first kappa shape index (κ1) is 17.9. The fraction of sp³-hybridized carbons (Fsp3) is 0.235. The number of phenols is 1. The van der Waals surface area contributed by atoms with Crippen LogP contribution in [0.4, 0.5) is 11.4 Å². The van der Waals surface area contributed by atoms with E-state index in [1.165, 1.54) is 6.21 Å². The molecule has 2 aromatic rings. The minimum Gasteiger partial charge on any atom is -0.871 e. The Bertz CT molecular complexity index is 805. The molecule has 0 aliphatic heterocycles. The van der Waals surface area contributed by atoms with Crippen LogP contribution in [0.5, 0.6) is 11.5 Å². The van der Waals surface area contributed by atoms with Gasteiger partial charge in [-0.25, -0.2) is 0 Å². The lowest BCUT2D eigenvalue weighted by atomic mass is 9.98. The first-order chi connectivity index (χ1) is 11.3. The number of non-ortho nitro benzene ring substituents is 1. The number of halogens is 1. The number of hydrogen-bond acceptors (Lipinski definition) is 5. The topological polar surface area (TPSA) is 98.8 Å². The van der Waals surface area contributed by atoms with E-state index in [1.54, 1.807) is 12.1 Å². The zero-order valence-corrected chi connectivity index (χ0v) is 14.8. The van der Waals surface area contributed by atoms with Crippen molar-refractivity contribution in [1.82, 2.24) is 0 Å². The molecule has 0 heterocycles. The van der Waals surface area contributed by atoms with Crippen molar-refractivity contribution in [3.63, 3.8) is 0 Å². The van der Waals surface area contributed by atoms with Crippen LogP contribution < -0.4 is 5.11 Å². The first-order valence-corrected chi connectivity index (χ1v) is 8.14. The normalized spacial score (nSPS) is 12.5. The lowest BCUT2D eigenvalue weighted by molar-refractivity contribution is -0.385. The Labute approximate surface area is 147 Å². The molecular weight excluding hydrogens is 376 g/mol. The molecule has 0 radical (unpaired) electrons. The molecule has 0 unspecified atom stereocenters. The van der Waals surface area contributed by atoms with Crippen molar-refractivity contribution < 1.29 is 15.1 Å². The van der Waals surface area contributed by atoms with Crippen LogP contribution in [0.15, 0.2) is 39.8 Å². The van der Waals surface area contributed by atoms with Crippen molar-refractivity contribution in [3.05, 3.63) is 56.0 Å². The molecule has 126 valence electrons. The van der Waals surface area contributed by atoms with Gasteiger partial charge in [0, 0.05) is 22.8 Å². The van der Waals surface area contributed by atoms with Crippen molar-refractivity contribution in [3.8, 4) is 11.5 Å². The molecule has 0 fully saturated rings. The van der Waals surface area contributed by atoms with Gasteiger partial charge in [0.1, 0.15) is 11.4 Å². The van der Waals surface area contributed by atoms with E-state index in [-0.39, 0.29) is 21.5 Å². The van der Waals surface area contributed by atoms with Crippen molar-refractivity contribution in [2.75, 3.05) is 0 Å². The molecular formula is C17H16BrN2O4-. The SMILES string of the molecule is CC[C@H](C)c1ccc(O)c(N=Cc2cc([N+](=O)[O-])cc(Br)c2[O-])c1. The van der Waals surface area contributed by atoms with Gasteiger partial charge < -0.3 is 10.2 Å². The molecule has 6 nitrogen and oxygen atoms in total. The third-order valence-corrected chi connectivity index (χ3v) is 4.38. The van der Waals surface area contributed by atoms with Crippen LogP contribution in [0.3, 0.4) is 0 Å². The molecule has 1 N–H and O–H groups in total. The van der Waals surface area contributed by atoms with Gasteiger partial charge >= 0.3 is 0 Å². The zero-order chi connectivity index (χ0) is 17.9. The number of aliphatic imine (C=N–C) groups is 1. The van der Waals surface area contributed by atoms with Gasteiger partial charge in [0.2, 0.25) is 0 Å². The highest BCUT2D eigenvalue weighted by atomic mass is 79.9. The first-order valence-electron chi connectivity index (χ1n) is 7.35. The number of nitrogens with zero attached hydrogens (tertiary/aromatic N) is 2. The Hall–Kier alpha value is -2.41. The quantitative estimate of drug-likeness (QED) is 0.463. The van der Waals surface area contributed by atoms with Crippen molar-refractivity contribution in [2.24, 2.45) is 4.99 Å². The molecule has 0 bridgehead atoms. The molecule has 2 aromatic carbocycles. The molecule has 0 aliphatic rings. The van der Waals surface area contributed by atoms with Crippen LogP contribution in [0, 0.1) is 10.1 Å². The Balaban J connectivity index is 2.43.